The monoisotopic (exact) mass is 476 g/mol. The van der Waals surface area contributed by atoms with Gasteiger partial charge in [0.25, 0.3) is 0 Å². The summed E-state index contributed by atoms with van der Waals surface area (Å²) >= 11 is 1.16. The third-order valence-corrected chi connectivity index (χ3v) is 5.53. The van der Waals surface area contributed by atoms with Gasteiger partial charge in [-0.25, -0.2) is 8.78 Å². The van der Waals surface area contributed by atoms with Gasteiger partial charge < -0.3 is 19.4 Å². The lowest BCUT2D eigenvalue weighted by Crippen LogP contribution is -2.17. The van der Waals surface area contributed by atoms with Gasteiger partial charge in [0.05, 0.1) is 18.6 Å². The third-order valence-electron chi connectivity index (χ3n) is 4.56. The normalized spacial score (nSPS) is 12.0. The summed E-state index contributed by atoms with van der Waals surface area (Å²) in [5.74, 6) is 0.206. The number of methoxy groups -OCH3 is 1. The topological polar surface area (TPSA) is 78.3 Å². The Morgan fingerprint density at radius 2 is 1.85 bits per heavy atom. The number of halogens is 2. The van der Waals surface area contributed by atoms with E-state index in [1.807, 2.05) is 35.8 Å². The van der Waals surface area contributed by atoms with Crippen molar-refractivity contribution in [1.82, 2.24) is 14.8 Å². The van der Waals surface area contributed by atoms with Crippen LogP contribution in [0.2, 0.25) is 0 Å². The van der Waals surface area contributed by atoms with E-state index in [2.05, 4.69) is 29.4 Å². The van der Waals surface area contributed by atoms with Gasteiger partial charge in [-0.1, -0.05) is 37.7 Å². The van der Waals surface area contributed by atoms with Gasteiger partial charge in [0.15, 0.2) is 28.6 Å². The Kier molecular flexibility index (Phi) is 8.26. The minimum Gasteiger partial charge on any atom is -0.493 e. The van der Waals surface area contributed by atoms with Gasteiger partial charge >= 0.3 is 0 Å². The molecule has 0 aliphatic heterocycles. The van der Waals surface area contributed by atoms with E-state index in [0.717, 1.165) is 30.0 Å². The number of ether oxygens (including phenoxy) is 2. The van der Waals surface area contributed by atoms with E-state index in [1.54, 1.807) is 7.11 Å². The first-order chi connectivity index (χ1) is 15.8. The molecular weight excluding hydrogens is 450 g/mol. The van der Waals surface area contributed by atoms with Gasteiger partial charge in [0, 0.05) is 12.6 Å². The first-order valence-corrected chi connectivity index (χ1v) is 11.4. The predicted molar refractivity (Wildman–Crippen MR) is 123 cm³/mol. The molecular formula is C23H26F2N4O3S. The maximum absolute atomic E-state index is 13.8. The molecule has 33 heavy (non-hydrogen) atoms. The smallest absolute Gasteiger partial charge is 0.234 e. The highest BCUT2D eigenvalue weighted by Gasteiger charge is 2.22. The molecule has 0 radical (unpaired) electrons. The van der Waals surface area contributed by atoms with Crippen molar-refractivity contribution in [1.29, 1.82) is 0 Å². The van der Waals surface area contributed by atoms with Crippen LogP contribution in [0.3, 0.4) is 0 Å². The molecule has 2 aromatic carbocycles. The second-order valence-electron chi connectivity index (χ2n) is 7.72. The number of hydrogen-bond acceptors (Lipinski definition) is 6. The summed E-state index contributed by atoms with van der Waals surface area (Å²) in [5.41, 5.74) is -0.205. The van der Waals surface area contributed by atoms with Crippen molar-refractivity contribution in [2.75, 3.05) is 18.2 Å². The minimum atomic E-state index is -0.706. The molecule has 1 aromatic heterocycles. The van der Waals surface area contributed by atoms with Crippen LogP contribution in [0.25, 0.3) is 0 Å². The fraction of sp³-hybridized carbons (Fsp3) is 0.348. The van der Waals surface area contributed by atoms with Crippen LogP contribution in [0.15, 0.2) is 47.6 Å². The van der Waals surface area contributed by atoms with E-state index >= 15 is 0 Å². The Balaban J connectivity index is 1.73. The van der Waals surface area contributed by atoms with Gasteiger partial charge in [-0.2, -0.15) is 0 Å². The molecule has 1 atom stereocenters. The molecule has 1 N–H and O–H groups in total. The van der Waals surface area contributed by atoms with Crippen molar-refractivity contribution in [3.63, 3.8) is 0 Å². The number of hydrogen-bond donors (Lipinski definition) is 1. The standard InChI is InChI=1S/C23H26F2N4O3S/c1-14(2)12-29-22(15(3)32-20-8-6-5-7-19(20)31-4)27-28-23(29)33-13-21(30)26-18-11-16(24)9-10-17(18)25/h5-11,14-15H,12-13H2,1-4H3,(H,26,30). The highest BCUT2D eigenvalue weighted by atomic mass is 32.2. The summed E-state index contributed by atoms with van der Waals surface area (Å²) in [5, 5.41) is 11.4. The maximum atomic E-state index is 13.8. The molecule has 3 rings (SSSR count). The average molecular weight is 477 g/mol. The number of anilines is 1. The van der Waals surface area contributed by atoms with E-state index in [9.17, 15) is 13.6 Å². The number of para-hydroxylation sites is 2. The van der Waals surface area contributed by atoms with Crippen LogP contribution >= 0.6 is 11.8 Å². The number of carbonyl (C=O) groups excluding carboxylic acids is 1. The summed E-state index contributed by atoms with van der Waals surface area (Å²) in [4.78, 5) is 12.3. The van der Waals surface area contributed by atoms with Crippen LogP contribution in [0, 0.1) is 17.6 Å². The lowest BCUT2D eigenvalue weighted by molar-refractivity contribution is -0.113. The number of carbonyl (C=O) groups is 1. The molecule has 7 nitrogen and oxygen atoms in total. The quantitative estimate of drug-likeness (QED) is 0.411. The van der Waals surface area contributed by atoms with E-state index in [4.69, 9.17) is 9.47 Å². The predicted octanol–water partition coefficient (Wildman–Crippen LogP) is 5.09. The van der Waals surface area contributed by atoms with Gasteiger partial charge in [0.2, 0.25) is 5.91 Å². The Hall–Kier alpha value is -3.14. The molecule has 0 saturated heterocycles. The van der Waals surface area contributed by atoms with Crippen LogP contribution in [0.5, 0.6) is 11.5 Å². The number of amides is 1. The zero-order valence-electron chi connectivity index (χ0n) is 18.8. The average Bonchev–Trinajstić information content (AvgIpc) is 3.17. The van der Waals surface area contributed by atoms with Crippen LogP contribution in [-0.2, 0) is 11.3 Å². The van der Waals surface area contributed by atoms with Gasteiger partial charge in [-0.3, -0.25) is 4.79 Å². The summed E-state index contributed by atoms with van der Waals surface area (Å²) in [7, 11) is 1.57. The number of thioether (sulfide) groups is 1. The fourth-order valence-corrected chi connectivity index (χ4v) is 3.87. The Morgan fingerprint density at radius 3 is 2.55 bits per heavy atom. The summed E-state index contributed by atoms with van der Waals surface area (Å²) in [6, 6.07) is 10.2. The van der Waals surface area contributed by atoms with Crippen LogP contribution in [0.4, 0.5) is 14.5 Å². The lowest BCUT2D eigenvalue weighted by Gasteiger charge is -2.19. The number of aromatic nitrogens is 3. The molecule has 1 heterocycles. The second-order valence-corrected chi connectivity index (χ2v) is 8.66. The van der Waals surface area contributed by atoms with Crippen molar-refractivity contribution in [2.45, 2.75) is 38.6 Å². The van der Waals surface area contributed by atoms with Crippen LogP contribution in [0.1, 0.15) is 32.7 Å². The molecule has 0 aliphatic rings. The maximum Gasteiger partial charge on any atom is 0.234 e. The number of rotatable bonds is 10. The van der Waals surface area contributed by atoms with Crippen molar-refractivity contribution in [2.24, 2.45) is 5.92 Å². The second kappa shape index (κ2) is 11.1. The Bertz CT molecular complexity index is 1110. The van der Waals surface area contributed by atoms with Gasteiger partial charge in [-0.15, -0.1) is 10.2 Å². The summed E-state index contributed by atoms with van der Waals surface area (Å²) in [6.07, 6.45) is -0.433. The fourth-order valence-electron chi connectivity index (χ4n) is 3.11. The highest BCUT2D eigenvalue weighted by molar-refractivity contribution is 7.99. The molecule has 3 aromatic rings. The molecule has 10 heteroatoms. The van der Waals surface area contributed by atoms with Crippen LogP contribution < -0.4 is 14.8 Å². The van der Waals surface area contributed by atoms with E-state index in [1.165, 1.54) is 0 Å². The number of nitrogens with one attached hydrogen (secondary N) is 1. The van der Waals surface area contributed by atoms with E-state index < -0.39 is 23.6 Å². The molecule has 0 fully saturated rings. The SMILES string of the molecule is COc1ccccc1OC(C)c1nnc(SCC(=O)Nc2cc(F)ccc2F)n1CC(C)C. The number of benzene rings is 2. The molecule has 0 aliphatic carbocycles. The van der Waals surface area contributed by atoms with Crippen molar-refractivity contribution in [3.05, 3.63) is 59.9 Å². The van der Waals surface area contributed by atoms with Gasteiger partial charge in [-0.05, 0) is 37.1 Å². The molecule has 176 valence electrons. The lowest BCUT2D eigenvalue weighted by atomic mass is 10.2. The van der Waals surface area contributed by atoms with Crippen LogP contribution in [-0.4, -0.2) is 33.5 Å². The number of nitrogens with zero attached hydrogens (tertiary/aromatic N) is 3. The molecule has 0 saturated carbocycles. The van der Waals surface area contributed by atoms with Gasteiger partial charge in [0.1, 0.15) is 11.6 Å². The largest absolute Gasteiger partial charge is 0.493 e. The Morgan fingerprint density at radius 1 is 1.12 bits per heavy atom. The zero-order valence-corrected chi connectivity index (χ0v) is 19.7. The summed E-state index contributed by atoms with van der Waals surface area (Å²) < 4.78 is 40.5. The van der Waals surface area contributed by atoms with E-state index in [0.29, 0.717) is 29.0 Å². The Labute approximate surface area is 195 Å². The molecule has 0 bridgehead atoms. The molecule has 1 amide bonds. The van der Waals surface area contributed by atoms with Crippen molar-refractivity contribution in [3.8, 4) is 11.5 Å². The highest BCUT2D eigenvalue weighted by Crippen LogP contribution is 2.31. The summed E-state index contributed by atoms with van der Waals surface area (Å²) in [6.45, 7) is 6.60. The molecule has 1 unspecified atom stereocenters. The third kappa shape index (κ3) is 6.44. The molecule has 0 spiro atoms. The first-order valence-electron chi connectivity index (χ1n) is 10.4. The van der Waals surface area contributed by atoms with Crippen molar-refractivity contribution < 1.29 is 23.0 Å². The first kappa shape index (κ1) is 24.5. The zero-order chi connectivity index (χ0) is 24.0. The minimum absolute atomic E-state index is 0.0477. The van der Waals surface area contributed by atoms with E-state index in [-0.39, 0.29) is 17.4 Å². The van der Waals surface area contributed by atoms with Crippen molar-refractivity contribution >= 4 is 23.4 Å².